The number of nitrogens with zero attached hydrogens (tertiary/aromatic N) is 3. The van der Waals surface area contributed by atoms with Crippen LogP contribution in [0.15, 0.2) is 51.0 Å². The zero-order valence-electron chi connectivity index (χ0n) is 12.9. The molecule has 0 unspecified atom stereocenters. The van der Waals surface area contributed by atoms with Crippen LogP contribution in [-0.2, 0) is 0 Å². The zero-order valence-corrected chi connectivity index (χ0v) is 17.7. The predicted molar refractivity (Wildman–Crippen MR) is 111 cm³/mol. The Morgan fingerprint density at radius 3 is 2.72 bits per heavy atom. The Labute approximate surface area is 170 Å². The summed E-state index contributed by atoms with van der Waals surface area (Å²) in [7, 11) is 0. The SMILES string of the molecule is Cc1cc(Br)c(Nc2nc(-c3cnc4ccc(Cl)cn34)cs2)c(Br)c1. The highest BCUT2D eigenvalue weighted by molar-refractivity contribution is 9.11. The summed E-state index contributed by atoms with van der Waals surface area (Å²) in [6, 6.07) is 7.84. The molecule has 8 heteroatoms. The van der Waals surface area contributed by atoms with Crippen molar-refractivity contribution in [2.45, 2.75) is 6.92 Å². The van der Waals surface area contributed by atoms with E-state index in [4.69, 9.17) is 16.6 Å². The Balaban J connectivity index is 1.70. The molecule has 3 aromatic heterocycles. The van der Waals surface area contributed by atoms with E-state index in [-0.39, 0.29) is 0 Å². The van der Waals surface area contributed by atoms with Crippen LogP contribution < -0.4 is 5.32 Å². The lowest BCUT2D eigenvalue weighted by atomic mass is 10.2. The fourth-order valence-electron chi connectivity index (χ4n) is 2.52. The van der Waals surface area contributed by atoms with E-state index in [9.17, 15) is 0 Å². The van der Waals surface area contributed by atoms with Gasteiger partial charge in [-0.3, -0.25) is 4.40 Å². The molecule has 0 saturated carbocycles. The van der Waals surface area contributed by atoms with E-state index in [2.05, 4.69) is 61.2 Å². The molecular weight excluding hydrogens is 488 g/mol. The van der Waals surface area contributed by atoms with Crippen LogP contribution in [-0.4, -0.2) is 14.4 Å². The van der Waals surface area contributed by atoms with Crippen molar-refractivity contribution >= 4 is 71.3 Å². The second-order valence-electron chi connectivity index (χ2n) is 5.49. The van der Waals surface area contributed by atoms with Gasteiger partial charge in [-0.05, 0) is 68.6 Å². The Hall–Kier alpha value is -1.41. The topological polar surface area (TPSA) is 42.2 Å². The molecule has 0 radical (unpaired) electrons. The standard InChI is InChI=1S/C17H11Br2ClN4S/c1-9-4-11(18)16(12(19)5-9)23-17-22-13(8-25-17)14-6-21-15-3-2-10(20)7-24(14)15/h2-8H,1H3,(H,22,23). The maximum absolute atomic E-state index is 6.11. The first-order valence-electron chi connectivity index (χ1n) is 7.32. The first kappa shape index (κ1) is 17.0. The highest BCUT2D eigenvalue weighted by atomic mass is 79.9. The lowest BCUT2D eigenvalue weighted by Gasteiger charge is -2.09. The summed E-state index contributed by atoms with van der Waals surface area (Å²) in [5.41, 5.74) is 4.72. The molecule has 3 heterocycles. The van der Waals surface area contributed by atoms with E-state index in [1.165, 1.54) is 16.9 Å². The van der Waals surface area contributed by atoms with Gasteiger partial charge in [0.05, 0.1) is 22.6 Å². The third kappa shape index (κ3) is 3.33. The normalized spacial score (nSPS) is 11.2. The Morgan fingerprint density at radius 1 is 1.20 bits per heavy atom. The highest BCUT2D eigenvalue weighted by Gasteiger charge is 2.13. The number of hydrogen-bond acceptors (Lipinski definition) is 4. The van der Waals surface area contributed by atoms with E-state index in [0.29, 0.717) is 5.02 Å². The lowest BCUT2D eigenvalue weighted by molar-refractivity contribution is 1.18. The van der Waals surface area contributed by atoms with E-state index >= 15 is 0 Å². The van der Waals surface area contributed by atoms with E-state index in [0.717, 1.165) is 36.8 Å². The Morgan fingerprint density at radius 2 is 1.96 bits per heavy atom. The van der Waals surface area contributed by atoms with Crippen molar-refractivity contribution in [2.75, 3.05) is 5.32 Å². The number of nitrogens with one attached hydrogen (secondary N) is 1. The quantitative estimate of drug-likeness (QED) is 0.342. The van der Waals surface area contributed by atoms with Crippen molar-refractivity contribution < 1.29 is 0 Å². The van der Waals surface area contributed by atoms with Gasteiger partial charge in [-0.25, -0.2) is 9.97 Å². The van der Waals surface area contributed by atoms with Crippen LogP contribution in [0.2, 0.25) is 5.02 Å². The maximum atomic E-state index is 6.11. The van der Waals surface area contributed by atoms with Crippen molar-refractivity contribution in [3.8, 4) is 11.4 Å². The van der Waals surface area contributed by atoms with Gasteiger partial charge in [0.15, 0.2) is 5.13 Å². The van der Waals surface area contributed by atoms with Crippen LogP contribution in [0.5, 0.6) is 0 Å². The number of aromatic nitrogens is 3. The van der Waals surface area contributed by atoms with Gasteiger partial charge < -0.3 is 5.32 Å². The molecule has 126 valence electrons. The number of rotatable bonds is 3. The molecule has 0 bridgehead atoms. The predicted octanol–water partition coefficient (Wildman–Crippen LogP) is 6.69. The van der Waals surface area contributed by atoms with Crippen molar-refractivity contribution in [3.63, 3.8) is 0 Å². The molecule has 25 heavy (non-hydrogen) atoms. The molecule has 4 nitrogen and oxygen atoms in total. The molecule has 0 saturated heterocycles. The third-order valence-electron chi connectivity index (χ3n) is 3.65. The molecule has 0 spiro atoms. The summed E-state index contributed by atoms with van der Waals surface area (Å²) in [6.07, 6.45) is 3.65. The van der Waals surface area contributed by atoms with Gasteiger partial charge in [0.1, 0.15) is 11.3 Å². The first-order valence-corrected chi connectivity index (χ1v) is 10.2. The van der Waals surface area contributed by atoms with Crippen LogP contribution >= 0.6 is 54.8 Å². The maximum Gasteiger partial charge on any atom is 0.187 e. The average molecular weight is 499 g/mol. The van der Waals surface area contributed by atoms with Crippen molar-refractivity contribution in [3.05, 3.63) is 61.6 Å². The van der Waals surface area contributed by atoms with Crippen LogP contribution in [0, 0.1) is 6.92 Å². The molecule has 0 aliphatic heterocycles. The summed E-state index contributed by atoms with van der Waals surface area (Å²) < 4.78 is 3.91. The number of aryl methyl sites for hydroxylation is 1. The van der Waals surface area contributed by atoms with Gasteiger partial charge in [0.2, 0.25) is 0 Å². The molecule has 0 aliphatic rings. The number of halogens is 3. The molecule has 0 aliphatic carbocycles. The van der Waals surface area contributed by atoms with E-state index < -0.39 is 0 Å². The van der Waals surface area contributed by atoms with Gasteiger partial charge in [0.25, 0.3) is 0 Å². The molecule has 4 rings (SSSR count). The molecule has 0 fully saturated rings. The Bertz CT molecular complexity index is 1070. The van der Waals surface area contributed by atoms with E-state index in [1.807, 2.05) is 34.3 Å². The van der Waals surface area contributed by atoms with Crippen molar-refractivity contribution in [2.24, 2.45) is 0 Å². The number of anilines is 2. The molecule has 0 amide bonds. The van der Waals surface area contributed by atoms with Gasteiger partial charge in [-0.1, -0.05) is 11.6 Å². The van der Waals surface area contributed by atoms with Crippen molar-refractivity contribution in [1.29, 1.82) is 0 Å². The molecule has 4 aromatic rings. The monoisotopic (exact) mass is 496 g/mol. The molecule has 1 N–H and O–H groups in total. The minimum absolute atomic E-state index is 0.660. The van der Waals surface area contributed by atoms with E-state index in [1.54, 1.807) is 0 Å². The molecule has 0 atom stereocenters. The largest absolute Gasteiger partial charge is 0.330 e. The van der Waals surface area contributed by atoms with Crippen LogP contribution in [0.1, 0.15) is 5.56 Å². The molecule has 1 aromatic carbocycles. The second kappa shape index (κ2) is 6.72. The number of thiazole rings is 1. The number of fused-ring (bicyclic) bond motifs is 1. The summed E-state index contributed by atoms with van der Waals surface area (Å²) in [4.78, 5) is 9.10. The number of pyridine rings is 1. The number of benzene rings is 1. The van der Waals surface area contributed by atoms with Crippen LogP contribution in [0.25, 0.3) is 17.0 Å². The van der Waals surface area contributed by atoms with Gasteiger partial charge >= 0.3 is 0 Å². The highest BCUT2D eigenvalue weighted by Crippen LogP contribution is 2.36. The molecular formula is C17H11Br2ClN4S. The van der Waals surface area contributed by atoms with Crippen LogP contribution in [0.4, 0.5) is 10.8 Å². The first-order chi connectivity index (χ1) is 12.0. The second-order valence-corrected chi connectivity index (χ2v) is 8.49. The summed E-state index contributed by atoms with van der Waals surface area (Å²) in [6.45, 7) is 2.05. The van der Waals surface area contributed by atoms with Gasteiger partial charge in [-0.2, -0.15) is 0 Å². The minimum atomic E-state index is 0.660. The fourth-order valence-corrected chi connectivity index (χ4v) is 5.00. The minimum Gasteiger partial charge on any atom is -0.330 e. The third-order valence-corrected chi connectivity index (χ3v) is 5.89. The smallest absolute Gasteiger partial charge is 0.187 e. The summed E-state index contributed by atoms with van der Waals surface area (Å²) in [5.74, 6) is 0. The van der Waals surface area contributed by atoms with Gasteiger partial charge in [0, 0.05) is 20.5 Å². The number of imidazole rings is 1. The Kier molecular flexibility index (Phi) is 4.58. The fraction of sp³-hybridized carbons (Fsp3) is 0.0588. The summed E-state index contributed by atoms with van der Waals surface area (Å²) in [5, 5.41) is 6.83. The lowest BCUT2D eigenvalue weighted by Crippen LogP contribution is -1.94. The average Bonchev–Trinajstić information content (AvgIpc) is 3.16. The number of hydrogen-bond donors (Lipinski definition) is 1. The van der Waals surface area contributed by atoms with Crippen molar-refractivity contribution in [1.82, 2.24) is 14.4 Å². The van der Waals surface area contributed by atoms with Gasteiger partial charge in [-0.15, -0.1) is 11.3 Å². The van der Waals surface area contributed by atoms with Crippen LogP contribution in [0.3, 0.4) is 0 Å². The summed E-state index contributed by atoms with van der Waals surface area (Å²) >= 11 is 14.8. The zero-order chi connectivity index (χ0) is 17.6.